The summed E-state index contributed by atoms with van der Waals surface area (Å²) in [6.07, 6.45) is 2.00. The molecule has 5 nitrogen and oxygen atoms in total. The molecule has 1 aromatic heterocycles. The molecule has 7 heteroatoms. The first-order chi connectivity index (χ1) is 13.4. The molecule has 4 rings (SSSR count). The van der Waals surface area contributed by atoms with Crippen LogP contribution in [0.5, 0.6) is 0 Å². The van der Waals surface area contributed by atoms with E-state index in [-0.39, 0.29) is 9.92 Å². The summed E-state index contributed by atoms with van der Waals surface area (Å²) >= 11 is 3.45. The summed E-state index contributed by atoms with van der Waals surface area (Å²) in [5.74, 6) is 1.27. The minimum absolute atomic E-state index is 0.0109. The molecule has 0 unspecified atom stereocenters. The van der Waals surface area contributed by atoms with E-state index in [1.165, 1.54) is 0 Å². The van der Waals surface area contributed by atoms with Crippen molar-refractivity contribution in [2.24, 2.45) is 5.92 Å². The minimum atomic E-state index is -3.79. The van der Waals surface area contributed by atoms with Crippen LogP contribution in [-0.2, 0) is 9.84 Å². The van der Waals surface area contributed by atoms with Gasteiger partial charge in [0, 0.05) is 23.1 Å². The van der Waals surface area contributed by atoms with Gasteiger partial charge < -0.3 is 9.32 Å². The lowest BCUT2D eigenvalue weighted by molar-refractivity contribution is 0.415. The van der Waals surface area contributed by atoms with E-state index in [2.05, 4.69) is 27.8 Å². The molecule has 146 valence electrons. The maximum atomic E-state index is 13.3. The van der Waals surface area contributed by atoms with Crippen molar-refractivity contribution in [1.82, 2.24) is 4.98 Å². The molecule has 1 saturated heterocycles. The number of sulfone groups is 1. The lowest BCUT2D eigenvalue weighted by Crippen LogP contribution is -2.33. The zero-order chi connectivity index (χ0) is 19.7. The van der Waals surface area contributed by atoms with Gasteiger partial charge >= 0.3 is 0 Å². The summed E-state index contributed by atoms with van der Waals surface area (Å²) < 4.78 is 33.6. The Morgan fingerprint density at radius 3 is 2.46 bits per heavy atom. The van der Waals surface area contributed by atoms with E-state index in [1.54, 1.807) is 30.3 Å². The van der Waals surface area contributed by atoms with Gasteiger partial charge in [0.05, 0.1) is 4.90 Å². The van der Waals surface area contributed by atoms with E-state index in [1.807, 2.05) is 29.2 Å². The molecule has 0 N–H and O–H groups in total. The molecule has 0 bridgehead atoms. The summed E-state index contributed by atoms with van der Waals surface area (Å²) in [5, 5.41) is -0.0109. The molecule has 0 amide bonds. The Bertz CT molecular complexity index is 1070. The lowest BCUT2D eigenvalue weighted by atomic mass is 9.99. The van der Waals surface area contributed by atoms with Crippen LogP contribution in [0.2, 0.25) is 0 Å². The largest absolute Gasteiger partial charge is 0.419 e. The van der Waals surface area contributed by atoms with Crippen LogP contribution in [-0.4, -0.2) is 26.5 Å². The highest BCUT2D eigenvalue weighted by atomic mass is 79.9. The van der Waals surface area contributed by atoms with Gasteiger partial charge in [-0.2, -0.15) is 4.98 Å². The number of anilines is 1. The molecule has 2 aromatic carbocycles. The van der Waals surface area contributed by atoms with E-state index in [9.17, 15) is 8.42 Å². The number of oxazole rings is 1. The maximum absolute atomic E-state index is 13.3. The lowest BCUT2D eigenvalue weighted by Gasteiger charge is -2.30. The van der Waals surface area contributed by atoms with Crippen molar-refractivity contribution in [2.75, 3.05) is 18.0 Å². The number of hydrogen-bond donors (Lipinski definition) is 0. The van der Waals surface area contributed by atoms with Gasteiger partial charge in [0.25, 0.3) is 0 Å². The average Bonchev–Trinajstić information content (AvgIpc) is 3.16. The van der Waals surface area contributed by atoms with Crippen molar-refractivity contribution in [1.29, 1.82) is 0 Å². The van der Waals surface area contributed by atoms with E-state index < -0.39 is 9.84 Å². The summed E-state index contributed by atoms with van der Waals surface area (Å²) in [6, 6.07) is 15.9. The Kier molecular flexibility index (Phi) is 5.29. The van der Waals surface area contributed by atoms with Crippen molar-refractivity contribution >= 4 is 31.7 Å². The predicted molar refractivity (Wildman–Crippen MR) is 112 cm³/mol. The van der Waals surface area contributed by atoms with Gasteiger partial charge in [0.2, 0.25) is 26.6 Å². The van der Waals surface area contributed by atoms with Crippen molar-refractivity contribution in [3.63, 3.8) is 0 Å². The highest BCUT2D eigenvalue weighted by Gasteiger charge is 2.32. The average molecular weight is 461 g/mol. The number of halogens is 1. The van der Waals surface area contributed by atoms with Crippen LogP contribution < -0.4 is 4.90 Å². The molecule has 1 fully saturated rings. The molecule has 2 heterocycles. The quantitative estimate of drug-likeness (QED) is 0.536. The van der Waals surface area contributed by atoms with Crippen molar-refractivity contribution in [3.8, 4) is 11.5 Å². The normalized spacial score (nSPS) is 15.7. The molecular weight excluding hydrogens is 440 g/mol. The standard InChI is InChI=1S/C21H21BrN2O3S/c1-15-10-12-24(13-11-15)21-20(28(25,26)18-8-3-2-4-9-18)23-19(27-21)16-6-5-7-17(22)14-16/h2-9,14-15H,10-13H2,1H3. The Morgan fingerprint density at radius 2 is 1.79 bits per heavy atom. The monoisotopic (exact) mass is 460 g/mol. The first-order valence-electron chi connectivity index (χ1n) is 9.27. The fraction of sp³-hybridized carbons (Fsp3) is 0.286. The zero-order valence-electron chi connectivity index (χ0n) is 15.5. The fourth-order valence-corrected chi connectivity index (χ4v) is 5.08. The number of nitrogens with zero attached hydrogens (tertiary/aromatic N) is 2. The Hall–Kier alpha value is -2.12. The van der Waals surface area contributed by atoms with Gasteiger partial charge in [-0.3, -0.25) is 0 Å². The maximum Gasteiger partial charge on any atom is 0.236 e. The van der Waals surface area contributed by atoms with Gasteiger partial charge in [-0.1, -0.05) is 47.1 Å². The van der Waals surface area contributed by atoms with Crippen LogP contribution in [0.25, 0.3) is 11.5 Å². The highest BCUT2D eigenvalue weighted by Crippen LogP contribution is 2.36. The smallest absolute Gasteiger partial charge is 0.236 e. The van der Waals surface area contributed by atoms with Gasteiger partial charge in [0.1, 0.15) is 0 Å². The molecule has 0 aliphatic carbocycles. The summed E-state index contributed by atoms with van der Waals surface area (Å²) in [6.45, 7) is 3.73. The van der Waals surface area contributed by atoms with E-state index in [4.69, 9.17) is 4.42 Å². The van der Waals surface area contributed by atoms with Gasteiger partial charge in [-0.15, -0.1) is 0 Å². The minimum Gasteiger partial charge on any atom is -0.419 e. The van der Waals surface area contributed by atoms with E-state index in [0.29, 0.717) is 17.7 Å². The van der Waals surface area contributed by atoms with Crippen LogP contribution in [0.4, 0.5) is 5.88 Å². The summed E-state index contributed by atoms with van der Waals surface area (Å²) in [7, 11) is -3.79. The Labute approximate surface area is 173 Å². The highest BCUT2D eigenvalue weighted by molar-refractivity contribution is 9.10. The van der Waals surface area contributed by atoms with Crippen LogP contribution in [0.1, 0.15) is 19.8 Å². The van der Waals surface area contributed by atoms with Crippen molar-refractivity contribution in [2.45, 2.75) is 29.7 Å². The van der Waals surface area contributed by atoms with Crippen molar-refractivity contribution in [3.05, 3.63) is 59.1 Å². The molecule has 3 aromatic rings. The van der Waals surface area contributed by atoms with Gasteiger partial charge in [0.15, 0.2) is 0 Å². The molecule has 0 spiro atoms. The third-order valence-corrected chi connectivity index (χ3v) is 7.19. The number of rotatable bonds is 4. The molecule has 1 aliphatic rings. The summed E-state index contributed by atoms with van der Waals surface area (Å²) in [4.78, 5) is 6.67. The molecule has 28 heavy (non-hydrogen) atoms. The van der Waals surface area contributed by atoms with Crippen LogP contribution in [0.3, 0.4) is 0 Å². The SMILES string of the molecule is CC1CCN(c2oc(-c3cccc(Br)c3)nc2S(=O)(=O)c2ccccc2)CC1. The fourth-order valence-electron chi connectivity index (χ4n) is 3.34. The Balaban J connectivity index is 1.84. The number of hydrogen-bond acceptors (Lipinski definition) is 5. The second-order valence-corrected chi connectivity index (χ2v) is 9.91. The summed E-state index contributed by atoms with van der Waals surface area (Å²) in [5.41, 5.74) is 0.732. The van der Waals surface area contributed by atoms with E-state index in [0.717, 1.165) is 36.0 Å². The first kappa shape index (κ1) is 19.2. The topological polar surface area (TPSA) is 63.4 Å². The van der Waals surface area contributed by atoms with Gasteiger partial charge in [-0.05, 0) is 49.1 Å². The molecule has 0 radical (unpaired) electrons. The molecule has 1 aliphatic heterocycles. The van der Waals surface area contributed by atoms with Crippen molar-refractivity contribution < 1.29 is 12.8 Å². The molecule has 0 saturated carbocycles. The Morgan fingerprint density at radius 1 is 1.07 bits per heavy atom. The second kappa shape index (κ2) is 7.72. The molecular formula is C21H21BrN2O3S. The van der Waals surface area contributed by atoms with Crippen LogP contribution >= 0.6 is 15.9 Å². The zero-order valence-corrected chi connectivity index (χ0v) is 17.9. The van der Waals surface area contributed by atoms with E-state index >= 15 is 0 Å². The number of aromatic nitrogens is 1. The third kappa shape index (κ3) is 3.73. The number of piperidine rings is 1. The molecule has 0 atom stereocenters. The first-order valence-corrected chi connectivity index (χ1v) is 11.5. The third-order valence-electron chi connectivity index (χ3n) is 5.03. The predicted octanol–water partition coefficient (Wildman–Crippen LogP) is 5.17. The van der Waals surface area contributed by atoms with Gasteiger partial charge in [-0.25, -0.2) is 8.42 Å². The van der Waals surface area contributed by atoms with Crippen LogP contribution in [0.15, 0.2) is 73.4 Å². The second-order valence-electron chi connectivity index (χ2n) is 7.13. The van der Waals surface area contributed by atoms with Crippen LogP contribution in [0, 0.1) is 5.92 Å². The number of benzene rings is 2.